The highest BCUT2D eigenvalue weighted by molar-refractivity contribution is 5.91. The van der Waals surface area contributed by atoms with Gasteiger partial charge >= 0.3 is 0 Å². The summed E-state index contributed by atoms with van der Waals surface area (Å²) in [4.78, 5) is 41.2. The molecule has 3 rings (SSSR count). The first kappa shape index (κ1) is 29.2. The van der Waals surface area contributed by atoms with E-state index in [1.165, 1.54) is 0 Å². The molecule has 2 aromatic carbocycles. The Kier molecular flexibility index (Phi) is 11.1. The molecule has 0 spiro atoms. The van der Waals surface area contributed by atoms with Gasteiger partial charge in [0.15, 0.2) is 0 Å². The molecule has 3 amide bonds. The topological polar surface area (TPSA) is 108 Å². The summed E-state index contributed by atoms with van der Waals surface area (Å²) in [5.74, 6) is -0.657. The lowest BCUT2D eigenvalue weighted by atomic mass is 9.81. The van der Waals surface area contributed by atoms with E-state index < -0.39 is 23.8 Å². The third-order valence-electron chi connectivity index (χ3n) is 6.94. The smallest absolute Gasteiger partial charge is 0.247 e. The predicted octanol–water partition coefficient (Wildman–Crippen LogP) is 5.06. The number of carbonyl (C=O) groups is 3. The van der Waals surface area contributed by atoms with Gasteiger partial charge in [-0.2, -0.15) is 0 Å². The Morgan fingerprint density at radius 2 is 1.76 bits per heavy atom. The van der Waals surface area contributed by atoms with E-state index in [9.17, 15) is 19.6 Å². The average molecular weight is 524 g/mol. The third kappa shape index (κ3) is 8.31. The van der Waals surface area contributed by atoms with Crippen LogP contribution >= 0.6 is 0 Å². The van der Waals surface area contributed by atoms with Crippen molar-refractivity contribution in [2.45, 2.75) is 71.9 Å². The first-order valence-electron chi connectivity index (χ1n) is 13.7. The van der Waals surface area contributed by atoms with Gasteiger partial charge in [-0.1, -0.05) is 57.5 Å². The number of hydrogen-bond acceptors (Lipinski definition) is 5. The van der Waals surface area contributed by atoms with E-state index in [4.69, 9.17) is 4.74 Å². The van der Waals surface area contributed by atoms with Gasteiger partial charge in [-0.25, -0.2) is 5.48 Å². The molecule has 0 radical (unpaired) electrons. The minimum Gasteiger partial charge on any atom is -0.457 e. The van der Waals surface area contributed by atoms with E-state index >= 15 is 0 Å². The summed E-state index contributed by atoms with van der Waals surface area (Å²) in [6.07, 6.45) is 3.88. The summed E-state index contributed by atoms with van der Waals surface area (Å²) in [7, 11) is 0. The van der Waals surface area contributed by atoms with Crippen LogP contribution in [0.4, 0.5) is 0 Å². The molecule has 38 heavy (non-hydrogen) atoms. The number of ether oxygens (including phenoxy) is 1. The Morgan fingerprint density at radius 1 is 1.03 bits per heavy atom. The highest BCUT2D eigenvalue weighted by atomic mass is 16.5. The van der Waals surface area contributed by atoms with Crippen LogP contribution in [-0.4, -0.2) is 40.4 Å². The highest BCUT2D eigenvalue weighted by Gasteiger charge is 2.36. The van der Waals surface area contributed by atoms with Crippen molar-refractivity contribution in [3.8, 4) is 11.5 Å². The van der Waals surface area contributed by atoms with Crippen LogP contribution in [0.25, 0.3) is 0 Å². The van der Waals surface area contributed by atoms with Gasteiger partial charge in [-0.15, -0.1) is 0 Å². The van der Waals surface area contributed by atoms with Gasteiger partial charge in [0.1, 0.15) is 17.5 Å². The number of rotatable bonds is 12. The quantitative estimate of drug-likeness (QED) is 0.266. The molecule has 0 aromatic heterocycles. The number of nitrogens with zero attached hydrogens (tertiary/aromatic N) is 1. The van der Waals surface area contributed by atoms with Crippen LogP contribution < -0.4 is 15.5 Å². The van der Waals surface area contributed by atoms with Crippen molar-refractivity contribution in [2.75, 3.05) is 6.54 Å². The molecule has 1 saturated heterocycles. The minimum absolute atomic E-state index is 0.118. The first-order valence-corrected chi connectivity index (χ1v) is 13.7. The molecule has 0 saturated carbocycles. The fourth-order valence-corrected chi connectivity index (χ4v) is 5.10. The van der Waals surface area contributed by atoms with Gasteiger partial charge in [0, 0.05) is 19.0 Å². The van der Waals surface area contributed by atoms with Gasteiger partial charge < -0.3 is 15.0 Å². The number of hydrogen-bond donors (Lipinski definition) is 3. The zero-order chi connectivity index (χ0) is 27.5. The lowest BCUT2D eigenvalue weighted by Crippen LogP contribution is -2.51. The number of para-hydroxylation sites is 1. The lowest BCUT2D eigenvalue weighted by molar-refractivity contribution is -0.143. The Hall–Kier alpha value is -3.39. The molecule has 1 fully saturated rings. The van der Waals surface area contributed by atoms with Crippen molar-refractivity contribution < 1.29 is 24.3 Å². The van der Waals surface area contributed by atoms with Crippen molar-refractivity contribution in [2.24, 2.45) is 17.8 Å². The van der Waals surface area contributed by atoms with Crippen LogP contribution in [0.1, 0.15) is 64.9 Å². The molecule has 206 valence electrons. The van der Waals surface area contributed by atoms with Crippen molar-refractivity contribution in [1.29, 1.82) is 0 Å². The van der Waals surface area contributed by atoms with Gasteiger partial charge in [0.2, 0.25) is 17.7 Å². The third-order valence-corrected chi connectivity index (χ3v) is 6.94. The number of hydroxylamine groups is 1. The van der Waals surface area contributed by atoms with E-state index in [1.54, 1.807) is 10.4 Å². The number of amides is 3. The van der Waals surface area contributed by atoms with Crippen LogP contribution in [0.3, 0.4) is 0 Å². The van der Waals surface area contributed by atoms with Crippen molar-refractivity contribution in [3.05, 3.63) is 60.2 Å². The maximum atomic E-state index is 13.6. The molecule has 8 nitrogen and oxygen atoms in total. The van der Waals surface area contributed by atoms with E-state index in [0.717, 1.165) is 24.2 Å². The van der Waals surface area contributed by atoms with E-state index in [1.807, 2.05) is 75.4 Å². The maximum absolute atomic E-state index is 13.6. The molecule has 3 atom stereocenters. The van der Waals surface area contributed by atoms with Crippen LogP contribution in [0.15, 0.2) is 54.6 Å². The number of carbonyl (C=O) groups excluding carboxylic acids is 3. The number of nitrogens with one attached hydrogen (secondary N) is 2. The van der Waals surface area contributed by atoms with Gasteiger partial charge in [-0.05, 0) is 67.9 Å². The fraction of sp³-hybridized carbons (Fsp3) is 0.500. The second-order valence-electron chi connectivity index (χ2n) is 10.5. The van der Waals surface area contributed by atoms with E-state index in [2.05, 4.69) is 5.32 Å². The Labute approximate surface area is 225 Å². The summed E-state index contributed by atoms with van der Waals surface area (Å²) >= 11 is 0. The van der Waals surface area contributed by atoms with Crippen LogP contribution in [0, 0.1) is 17.8 Å². The van der Waals surface area contributed by atoms with Gasteiger partial charge in [-0.3, -0.25) is 19.6 Å². The van der Waals surface area contributed by atoms with Crippen molar-refractivity contribution in [3.63, 3.8) is 0 Å². The van der Waals surface area contributed by atoms with Gasteiger partial charge in [0.25, 0.3) is 0 Å². The predicted molar refractivity (Wildman–Crippen MR) is 145 cm³/mol. The minimum atomic E-state index is -0.656. The molecule has 0 aliphatic carbocycles. The largest absolute Gasteiger partial charge is 0.457 e. The zero-order valence-corrected chi connectivity index (χ0v) is 22.7. The fourth-order valence-electron chi connectivity index (χ4n) is 5.10. The number of benzene rings is 2. The van der Waals surface area contributed by atoms with Crippen LogP contribution in [0.2, 0.25) is 0 Å². The second kappa shape index (κ2) is 14.5. The van der Waals surface area contributed by atoms with Crippen molar-refractivity contribution >= 4 is 17.7 Å². The summed E-state index contributed by atoms with van der Waals surface area (Å²) in [5, 5.41) is 12.2. The molecular weight excluding hydrogens is 482 g/mol. The monoisotopic (exact) mass is 523 g/mol. The summed E-state index contributed by atoms with van der Waals surface area (Å²) in [6.45, 7) is 6.95. The zero-order valence-electron chi connectivity index (χ0n) is 22.7. The Balaban J connectivity index is 1.72. The standard InChI is InChI=1S/C30H41N3O5/c1-4-11-25(29(35)32-37)26(18-21(2)3)28(34)31-27-16-8-9-17-33(30(27)36)20-22-12-10-15-24(19-22)38-23-13-6-5-7-14-23/h5-7,10,12-15,19,21,25-27,37H,4,8-9,11,16-18,20H2,1-3H3,(H,31,34)(H,32,35)/t25-,26?,27-/m0/s1. The first-order chi connectivity index (χ1) is 18.3. The van der Waals surface area contributed by atoms with E-state index in [0.29, 0.717) is 44.5 Å². The SMILES string of the molecule is CCC[C@H](C(=O)NO)C(CC(C)C)C(=O)N[C@H]1CCCCN(Cc2cccc(Oc3ccccc3)c2)C1=O. The van der Waals surface area contributed by atoms with Crippen LogP contribution in [0.5, 0.6) is 11.5 Å². The maximum Gasteiger partial charge on any atom is 0.247 e. The Morgan fingerprint density at radius 3 is 2.45 bits per heavy atom. The highest BCUT2D eigenvalue weighted by Crippen LogP contribution is 2.27. The molecule has 1 heterocycles. The normalized spacial score (nSPS) is 17.4. The van der Waals surface area contributed by atoms with Gasteiger partial charge in [0.05, 0.1) is 5.92 Å². The van der Waals surface area contributed by atoms with Crippen LogP contribution in [-0.2, 0) is 20.9 Å². The summed E-state index contributed by atoms with van der Waals surface area (Å²) in [5.41, 5.74) is 2.67. The molecule has 1 aliphatic rings. The second-order valence-corrected chi connectivity index (χ2v) is 10.5. The summed E-state index contributed by atoms with van der Waals surface area (Å²) < 4.78 is 5.95. The molecule has 0 bridgehead atoms. The van der Waals surface area contributed by atoms with E-state index in [-0.39, 0.29) is 17.7 Å². The van der Waals surface area contributed by atoms with Crippen molar-refractivity contribution in [1.82, 2.24) is 15.7 Å². The lowest BCUT2D eigenvalue weighted by Gasteiger charge is -2.29. The molecular formula is C30H41N3O5. The number of likely N-dealkylation sites (tertiary alicyclic amines) is 1. The Bertz CT molecular complexity index is 1060. The summed E-state index contributed by atoms with van der Waals surface area (Å²) in [6, 6.07) is 16.6. The molecule has 2 aromatic rings. The molecule has 1 unspecified atom stereocenters. The molecule has 3 N–H and O–H groups in total. The molecule has 1 aliphatic heterocycles. The average Bonchev–Trinajstić information content (AvgIpc) is 3.07. The molecule has 8 heteroatoms.